The van der Waals surface area contributed by atoms with Gasteiger partial charge in [-0.15, -0.1) is 0 Å². The summed E-state index contributed by atoms with van der Waals surface area (Å²) >= 11 is 0. The van der Waals surface area contributed by atoms with Gasteiger partial charge < -0.3 is 9.47 Å². The molecule has 6 heteroatoms. The fourth-order valence-corrected chi connectivity index (χ4v) is 2.98. The maximum atomic E-state index is 13.6. The minimum atomic E-state index is -3.02. The molecular formula is C18H22F4O2. The number of ether oxygens (including phenoxy) is 2. The molecule has 1 aromatic carbocycles. The van der Waals surface area contributed by atoms with E-state index in [1.165, 1.54) is 12.1 Å². The van der Waals surface area contributed by atoms with E-state index in [-0.39, 0.29) is 30.4 Å². The van der Waals surface area contributed by atoms with E-state index in [9.17, 15) is 17.6 Å². The Kier molecular flexibility index (Phi) is 6.52. The van der Waals surface area contributed by atoms with E-state index in [4.69, 9.17) is 9.47 Å². The molecule has 1 aliphatic rings. The van der Waals surface area contributed by atoms with Crippen LogP contribution >= 0.6 is 0 Å². The van der Waals surface area contributed by atoms with Gasteiger partial charge in [0, 0.05) is 17.9 Å². The van der Waals surface area contributed by atoms with Crippen LogP contribution in [-0.4, -0.2) is 13.2 Å². The average molecular weight is 346 g/mol. The zero-order valence-electron chi connectivity index (χ0n) is 13.8. The van der Waals surface area contributed by atoms with Crippen LogP contribution in [0.15, 0.2) is 24.0 Å². The highest BCUT2D eigenvalue weighted by Gasteiger charge is 2.31. The molecule has 1 unspecified atom stereocenters. The smallest absolute Gasteiger partial charge is 0.267 e. The lowest BCUT2D eigenvalue weighted by molar-refractivity contribution is 0.116. The Morgan fingerprint density at radius 2 is 1.83 bits per heavy atom. The van der Waals surface area contributed by atoms with Crippen LogP contribution in [-0.2, 0) is 4.74 Å². The number of rotatable bonds is 7. The molecule has 0 N–H and O–H groups in total. The number of halogens is 4. The van der Waals surface area contributed by atoms with Crippen LogP contribution in [0.5, 0.6) is 5.75 Å². The zero-order valence-corrected chi connectivity index (χ0v) is 13.8. The molecule has 2 nitrogen and oxygen atoms in total. The van der Waals surface area contributed by atoms with E-state index < -0.39 is 24.0 Å². The molecule has 24 heavy (non-hydrogen) atoms. The van der Waals surface area contributed by atoms with Crippen LogP contribution in [0.4, 0.5) is 17.6 Å². The van der Waals surface area contributed by atoms with Gasteiger partial charge in [0.15, 0.2) is 0 Å². The van der Waals surface area contributed by atoms with E-state index in [1.807, 2.05) is 13.0 Å². The van der Waals surface area contributed by atoms with Gasteiger partial charge in [-0.1, -0.05) is 13.0 Å². The molecule has 1 aliphatic heterocycles. The Morgan fingerprint density at radius 3 is 2.33 bits per heavy atom. The maximum Gasteiger partial charge on any atom is 0.267 e. The van der Waals surface area contributed by atoms with Crippen LogP contribution in [0, 0.1) is 0 Å². The second kappa shape index (κ2) is 8.40. The van der Waals surface area contributed by atoms with Gasteiger partial charge in [-0.2, -0.15) is 0 Å². The third-order valence-electron chi connectivity index (χ3n) is 4.05. The van der Waals surface area contributed by atoms with Gasteiger partial charge >= 0.3 is 0 Å². The summed E-state index contributed by atoms with van der Waals surface area (Å²) in [5.41, 5.74) is -1.10. The molecule has 0 spiro atoms. The molecule has 0 radical (unpaired) electrons. The Bertz CT molecular complexity index is 585. The molecule has 0 aromatic heterocycles. The summed E-state index contributed by atoms with van der Waals surface area (Å²) in [5, 5.41) is 0. The summed E-state index contributed by atoms with van der Waals surface area (Å²) < 4.78 is 64.7. The van der Waals surface area contributed by atoms with Crippen molar-refractivity contribution in [3.63, 3.8) is 0 Å². The van der Waals surface area contributed by atoms with E-state index in [1.54, 1.807) is 6.92 Å². The average Bonchev–Trinajstić information content (AvgIpc) is 2.55. The van der Waals surface area contributed by atoms with Crippen molar-refractivity contribution >= 4 is 0 Å². The highest BCUT2D eigenvalue weighted by Crippen LogP contribution is 2.43. The first kappa shape index (κ1) is 18.6. The van der Waals surface area contributed by atoms with Gasteiger partial charge in [-0.3, -0.25) is 0 Å². The first-order valence-corrected chi connectivity index (χ1v) is 8.17. The first-order chi connectivity index (χ1) is 11.5. The van der Waals surface area contributed by atoms with E-state index in [0.717, 1.165) is 18.6 Å². The second-order valence-electron chi connectivity index (χ2n) is 5.68. The minimum Gasteiger partial charge on any atom is -0.498 e. The largest absolute Gasteiger partial charge is 0.498 e. The van der Waals surface area contributed by atoms with Gasteiger partial charge in [-0.05, 0) is 37.5 Å². The van der Waals surface area contributed by atoms with Crippen molar-refractivity contribution in [2.45, 2.75) is 51.9 Å². The molecule has 1 aromatic rings. The first-order valence-electron chi connectivity index (χ1n) is 8.17. The SMILES string of the molecule is CCCC1=CCC(c2ccc(OCC)c(C(F)F)c2C(F)F)CO1. The Hall–Kier alpha value is -1.72. The molecule has 1 atom stereocenters. The van der Waals surface area contributed by atoms with Crippen LogP contribution in [0.3, 0.4) is 0 Å². The maximum absolute atomic E-state index is 13.6. The Balaban J connectivity index is 2.42. The molecule has 0 saturated heterocycles. The molecule has 134 valence electrons. The number of allylic oxidation sites excluding steroid dienone is 2. The summed E-state index contributed by atoms with van der Waals surface area (Å²) in [4.78, 5) is 0. The van der Waals surface area contributed by atoms with Crippen molar-refractivity contribution in [1.82, 2.24) is 0 Å². The van der Waals surface area contributed by atoms with Crippen molar-refractivity contribution < 1.29 is 27.0 Å². The van der Waals surface area contributed by atoms with Crippen LogP contribution in [0.25, 0.3) is 0 Å². The molecule has 0 amide bonds. The molecule has 0 fully saturated rings. The fourth-order valence-electron chi connectivity index (χ4n) is 2.98. The topological polar surface area (TPSA) is 18.5 Å². The molecule has 0 bridgehead atoms. The summed E-state index contributed by atoms with van der Waals surface area (Å²) in [6, 6.07) is 2.82. The van der Waals surface area contributed by atoms with Crippen molar-refractivity contribution in [3.05, 3.63) is 40.7 Å². The number of hydrogen-bond donors (Lipinski definition) is 0. The summed E-state index contributed by atoms with van der Waals surface area (Å²) in [5.74, 6) is 0.306. The predicted molar refractivity (Wildman–Crippen MR) is 83.8 cm³/mol. The number of alkyl halides is 4. The summed E-state index contributed by atoms with van der Waals surface area (Å²) in [7, 11) is 0. The van der Waals surface area contributed by atoms with Gasteiger partial charge in [-0.25, -0.2) is 17.6 Å². The van der Waals surface area contributed by atoms with Gasteiger partial charge in [0.05, 0.1) is 24.5 Å². The van der Waals surface area contributed by atoms with Crippen molar-refractivity contribution in [2.24, 2.45) is 0 Å². The van der Waals surface area contributed by atoms with Crippen molar-refractivity contribution in [3.8, 4) is 5.75 Å². The van der Waals surface area contributed by atoms with Crippen molar-refractivity contribution in [2.75, 3.05) is 13.2 Å². The molecule has 0 aliphatic carbocycles. The van der Waals surface area contributed by atoms with E-state index in [2.05, 4.69) is 0 Å². The molecule has 1 heterocycles. The number of benzene rings is 1. The monoisotopic (exact) mass is 346 g/mol. The normalized spacial score (nSPS) is 17.8. The third kappa shape index (κ3) is 4.02. The standard InChI is InChI=1S/C18H22F4O2/c1-3-5-12-7-6-11(10-24-12)13-8-9-14(23-4-2)16(18(21)22)15(13)17(19)20/h7-9,11,17-18H,3-6,10H2,1-2H3. The van der Waals surface area contributed by atoms with Gasteiger partial charge in [0.1, 0.15) is 5.75 Å². The Morgan fingerprint density at radius 1 is 1.12 bits per heavy atom. The van der Waals surface area contributed by atoms with Gasteiger partial charge in [0.25, 0.3) is 12.9 Å². The van der Waals surface area contributed by atoms with Crippen molar-refractivity contribution in [1.29, 1.82) is 0 Å². The second-order valence-corrected chi connectivity index (χ2v) is 5.68. The Labute approximate surface area is 139 Å². The lowest BCUT2D eigenvalue weighted by Gasteiger charge is -2.27. The predicted octanol–water partition coefficient (Wildman–Crippen LogP) is 6.15. The fraction of sp³-hybridized carbons (Fsp3) is 0.556. The molecular weight excluding hydrogens is 324 g/mol. The molecule has 2 rings (SSSR count). The van der Waals surface area contributed by atoms with E-state index in [0.29, 0.717) is 6.42 Å². The highest BCUT2D eigenvalue weighted by molar-refractivity contribution is 5.48. The van der Waals surface area contributed by atoms with Gasteiger partial charge in [0.2, 0.25) is 0 Å². The van der Waals surface area contributed by atoms with E-state index >= 15 is 0 Å². The quantitative estimate of drug-likeness (QED) is 0.551. The highest BCUT2D eigenvalue weighted by atomic mass is 19.3. The zero-order chi connectivity index (χ0) is 17.7. The van der Waals surface area contributed by atoms with Crippen LogP contribution in [0.1, 0.15) is 68.6 Å². The van der Waals surface area contributed by atoms with Crippen LogP contribution < -0.4 is 4.74 Å². The minimum absolute atomic E-state index is 0.136. The number of hydrogen-bond acceptors (Lipinski definition) is 2. The lowest BCUT2D eigenvalue weighted by atomic mass is 9.88. The lowest BCUT2D eigenvalue weighted by Crippen LogP contribution is -2.16. The third-order valence-corrected chi connectivity index (χ3v) is 4.05. The molecule has 0 saturated carbocycles. The summed E-state index contributed by atoms with van der Waals surface area (Å²) in [6.07, 6.45) is -1.93. The summed E-state index contributed by atoms with van der Waals surface area (Å²) in [6.45, 7) is 4.01. The van der Waals surface area contributed by atoms with Crippen LogP contribution in [0.2, 0.25) is 0 Å².